The molecule has 5 rings (SSSR count). The minimum Gasteiger partial charge on any atom is -0.491 e. The van der Waals surface area contributed by atoms with E-state index in [1.807, 2.05) is 23.9 Å². The summed E-state index contributed by atoms with van der Waals surface area (Å²) in [5.74, 6) is -0.144. The molecule has 0 aromatic carbocycles. The molecule has 1 aliphatic heterocycles. The van der Waals surface area contributed by atoms with Gasteiger partial charge in [0.25, 0.3) is 18.8 Å². The summed E-state index contributed by atoms with van der Waals surface area (Å²) in [4.78, 5) is 24.9. The highest BCUT2D eigenvalue weighted by Gasteiger charge is 2.29. The number of hydrogen-bond acceptors (Lipinski definition) is 9. The average molecular weight is 607 g/mol. The molecule has 1 saturated heterocycles. The topological polar surface area (TPSA) is 114 Å². The Bertz CT molecular complexity index is 1560. The van der Waals surface area contributed by atoms with Gasteiger partial charge in [0.1, 0.15) is 34.8 Å². The number of hydrogen-bond donors (Lipinski definition) is 2. The molecule has 0 spiro atoms. The van der Waals surface area contributed by atoms with Gasteiger partial charge >= 0.3 is 0 Å². The first-order valence-corrected chi connectivity index (χ1v) is 14.1. The highest BCUT2D eigenvalue weighted by Crippen LogP contribution is 2.37. The third-order valence-electron chi connectivity index (χ3n) is 6.89. The molecule has 224 valence electrons. The molecule has 0 aliphatic carbocycles. The van der Waals surface area contributed by atoms with Crippen LogP contribution in [0, 0.1) is 0 Å². The monoisotopic (exact) mass is 606 g/mol. The number of rotatable bonds is 10. The van der Waals surface area contributed by atoms with E-state index >= 15 is 0 Å². The van der Waals surface area contributed by atoms with Crippen LogP contribution in [0.15, 0.2) is 36.8 Å². The van der Waals surface area contributed by atoms with Crippen molar-refractivity contribution in [2.75, 3.05) is 51.0 Å². The summed E-state index contributed by atoms with van der Waals surface area (Å²) < 4.78 is 60.9. The number of piperidine rings is 1. The molecule has 4 aromatic rings. The number of nitrogens with two attached hydrogens (primary N) is 1. The van der Waals surface area contributed by atoms with Gasteiger partial charge in [-0.3, -0.25) is 9.78 Å². The van der Waals surface area contributed by atoms with E-state index in [0.717, 1.165) is 17.8 Å². The van der Waals surface area contributed by atoms with Crippen molar-refractivity contribution in [3.63, 3.8) is 0 Å². The Balaban J connectivity index is 1.39. The molecule has 1 amide bonds. The minimum atomic E-state index is -2.74. The van der Waals surface area contributed by atoms with Gasteiger partial charge in [0.2, 0.25) is 0 Å². The van der Waals surface area contributed by atoms with Gasteiger partial charge in [-0.25, -0.2) is 27.1 Å². The van der Waals surface area contributed by atoms with Gasteiger partial charge in [-0.1, -0.05) is 0 Å². The van der Waals surface area contributed by atoms with E-state index in [1.54, 1.807) is 16.6 Å². The molecule has 4 aromatic heterocycles. The molecule has 10 nitrogen and oxygen atoms in total. The largest absolute Gasteiger partial charge is 0.491 e. The maximum atomic E-state index is 13.5. The molecule has 0 saturated carbocycles. The first kappa shape index (κ1) is 29.5. The fraction of sp³-hybridized carbons (Fsp3) is 0.407. The number of halogens is 4. The first-order chi connectivity index (χ1) is 20.1. The van der Waals surface area contributed by atoms with Crippen molar-refractivity contribution in [3.05, 3.63) is 52.2 Å². The number of fused-ring (bicyclic) bond motifs is 1. The summed E-state index contributed by atoms with van der Waals surface area (Å²) in [6.07, 6.45) is -1.47. The van der Waals surface area contributed by atoms with Crippen molar-refractivity contribution in [2.24, 2.45) is 0 Å². The van der Waals surface area contributed by atoms with Gasteiger partial charge in [-0.2, -0.15) is 5.10 Å². The number of likely N-dealkylation sites (N-methyl/N-ethyl adjacent to an activating group) is 1. The van der Waals surface area contributed by atoms with E-state index < -0.39 is 18.8 Å². The van der Waals surface area contributed by atoms with Crippen molar-refractivity contribution in [1.29, 1.82) is 0 Å². The maximum absolute atomic E-state index is 13.5. The van der Waals surface area contributed by atoms with E-state index in [1.165, 1.54) is 24.7 Å². The lowest BCUT2D eigenvalue weighted by Crippen LogP contribution is -2.47. The third kappa shape index (κ3) is 6.26. The van der Waals surface area contributed by atoms with Crippen molar-refractivity contribution < 1.29 is 27.1 Å². The summed E-state index contributed by atoms with van der Waals surface area (Å²) in [7, 11) is 3.72. The van der Waals surface area contributed by atoms with Gasteiger partial charge in [0.15, 0.2) is 5.82 Å². The summed E-state index contributed by atoms with van der Waals surface area (Å²) in [6.45, 7) is 1.82. The number of carbonyl (C=O) groups is 1. The molecule has 0 bridgehead atoms. The highest BCUT2D eigenvalue weighted by molar-refractivity contribution is 7.14. The number of nitrogens with one attached hydrogen (secondary N) is 1. The van der Waals surface area contributed by atoms with Crippen molar-refractivity contribution in [1.82, 2.24) is 29.8 Å². The number of carbonyl (C=O) groups excluding carboxylic acids is 1. The lowest BCUT2D eigenvalue weighted by Gasteiger charge is -2.34. The number of anilines is 2. The van der Waals surface area contributed by atoms with Crippen LogP contribution in [0.25, 0.3) is 16.8 Å². The standard InChI is InChI=1S/C27H30F4N8O2S/c1-37(2)8-9-41-20-12-21(25(30)31)42-23(20)27(40)36-16-4-3-7-38(13-16)19-11-18(39-22(19)26(32)34-14-35-39)15-5-6-33-17(10-15)24(28)29/h5-6,10-12,14,16,24-25H,3-4,7-9,13H2,1-2H3,(H,36,40)(H2,32,34,35)/t16-/m1/s1. The van der Waals surface area contributed by atoms with Crippen molar-refractivity contribution >= 4 is 34.3 Å². The van der Waals surface area contributed by atoms with Crippen LogP contribution in [0.5, 0.6) is 5.75 Å². The number of thiophene rings is 1. The van der Waals surface area contributed by atoms with Crippen molar-refractivity contribution in [2.45, 2.75) is 31.7 Å². The molecular formula is C27H30F4N8O2S. The van der Waals surface area contributed by atoms with Gasteiger partial charge in [0.05, 0.1) is 16.3 Å². The molecule has 1 aliphatic rings. The molecule has 42 heavy (non-hydrogen) atoms. The van der Waals surface area contributed by atoms with Crippen LogP contribution < -0.4 is 20.7 Å². The Morgan fingerprint density at radius 3 is 2.76 bits per heavy atom. The zero-order chi connectivity index (χ0) is 30.0. The zero-order valence-electron chi connectivity index (χ0n) is 22.9. The van der Waals surface area contributed by atoms with Crippen LogP contribution in [0.3, 0.4) is 0 Å². The lowest BCUT2D eigenvalue weighted by atomic mass is 10.0. The second kappa shape index (κ2) is 12.5. The zero-order valence-corrected chi connectivity index (χ0v) is 23.8. The Hall–Kier alpha value is -3.98. The normalized spacial score (nSPS) is 15.7. The SMILES string of the molecule is CN(C)CCOc1cc(C(F)F)sc1C(=O)N[C@@H]1CCCN(c2cc(-c3ccnc(C(F)F)c3)n3ncnc(N)c23)C1. The molecular weight excluding hydrogens is 576 g/mol. The summed E-state index contributed by atoms with van der Waals surface area (Å²) in [5, 5.41) is 7.30. The molecule has 0 radical (unpaired) electrons. The van der Waals surface area contributed by atoms with E-state index in [-0.39, 0.29) is 39.7 Å². The summed E-state index contributed by atoms with van der Waals surface area (Å²) in [6, 6.07) is 5.64. The summed E-state index contributed by atoms with van der Waals surface area (Å²) >= 11 is 0.719. The van der Waals surface area contributed by atoms with E-state index in [0.29, 0.717) is 48.5 Å². The Morgan fingerprint density at radius 1 is 1.21 bits per heavy atom. The number of alkyl halides is 4. The number of nitrogen functional groups attached to an aromatic ring is 1. The van der Waals surface area contributed by atoms with E-state index in [2.05, 4.69) is 20.4 Å². The molecule has 1 atom stereocenters. The molecule has 3 N–H and O–H groups in total. The predicted molar refractivity (Wildman–Crippen MR) is 152 cm³/mol. The summed E-state index contributed by atoms with van der Waals surface area (Å²) in [5.41, 5.74) is 8.09. The fourth-order valence-corrected chi connectivity index (χ4v) is 5.75. The second-order valence-electron chi connectivity index (χ2n) is 10.1. The predicted octanol–water partition coefficient (Wildman–Crippen LogP) is 4.65. The van der Waals surface area contributed by atoms with Crippen LogP contribution in [-0.2, 0) is 0 Å². The number of amides is 1. The smallest absolute Gasteiger partial charge is 0.280 e. The van der Waals surface area contributed by atoms with Crippen LogP contribution in [0.4, 0.5) is 29.1 Å². The van der Waals surface area contributed by atoms with Gasteiger partial charge in [-0.05, 0) is 45.1 Å². The highest BCUT2D eigenvalue weighted by atomic mass is 32.1. The van der Waals surface area contributed by atoms with Gasteiger partial charge < -0.3 is 25.6 Å². The Morgan fingerprint density at radius 2 is 2.02 bits per heavy atom. The van der Waals surface area contributed by atoms with Crippen LogP contribution >= 0.6 is 11.3 Å². The molecule has 1 fully saturated rings. The molecule has 5 heterocycles. The quantitative estimate of drug-likeness (QED) is 0.251. The number of pyridine rings is 1. The number of ether oxygens (including phenoxy) is 1. The minimum absolute atomic E-state index is 0.1000. The van der Waals surface area contributed by atoms with Gasteiger partial charge in [0, 0.05) is 43.5 Å². The number of nitrogens with zero attached hydrogens (tertiary/aromatic N) is 6. The Kier molecular flexibility index (Phi) is 8.77. The van der Waals surface area contributed by atoms with Gasteiger partial charge in [-0.15, -0.1) is 11.3 Å². The molecule has 15 heteroatoms. The maximum Gasteiger partial charge on any atom is 0.280 e. The van der Waals surface area contributed by atoms with E-state index in [4.69, 9.17) is 10.5 Å². The Labute approximate surface area is 243 Å². The third-order valence-corrected chi connectivity index (χ3v) is 8.02. The van der Waals surface area contributed by atoms with Crippen LogP contribution in [0.1, 0.15) is 45.9 Å². The van der Waals surface area contributed by atoms with Crippen molar-refractivity contribution in [3.8, 4) is 17.0 Å². The molecule has 0 unspecified atom stereocenters. The fourth-order valence-electron chi connectivity index (χ4n) is 4.89. The van der Waals surface area contributed by atoms with Crippen LogP contribution in [-0.4, -0.2) is 76.8 Å². The van der Waals surface area contributed by atoms with Crippen LogP contribution in [0.2, 0.25) is 0 Å². The number of aromatic nitrogens is 4. The lowest BCUT2D eigenvalue weighted by molar-refractivity contribution is 0.0933. The first-order valence-electron chi connectivity index (χ1n) is 13.2. The second-order valence-corrected chi connectivity index (χ2v) is 11.2. The average Bonchev–Trinajstić information content (AvgIpc) is 3.56. The van der Waals surface area contributed by atoms with E-state index in [9.17, 15) is 22.4 Å².